The second kappa shape index (κ2) is 6.04. The first kappa shape index (κ1) is 13.8. The Balaban J connectivity index is 2.05. The summed E-state index contributed by atoms with van der Waals surface area (Å²) < 4.78 is 5.38. The smallest absolute Gasteiger partial charge is 0.251 e. The minimum absolute atomic E-state index is 0.0550. The lowest BCUT2D eigenvalue weighted by Gasteiger charge is -2.19. The molecular weight excluding hydrogens is 242 g/mol. The normalized spacial score (nSPS) is 22.3. The molecule has 5 heteroatoms. The summed E-state index contributed by atoms with van der Waals surface area (Å²) in [6.07, 6.45) is 3.22. The average molecular weight is 263 g/mol. The van der Waals surface area contributed by atoms with E-state index in [-0.39, 0.29) is 18.1 Å². The molecule has 19 heavy (non-hydrogen) atoms. The Labute approximate surface area is 113 Å². The maximum atomic E-state index is 12.2. The molecule has 1 aromatic carbocycles. The molecule has 0 radical (unpaired) electrons. The minimum Gasteiger partial charge on any atom is -0.379 e. The fraction of sp³-hybridized carbons (Fsp3) is 0.500. The maximum Gasteiger partial charge on any atom is 0.251 e. The molecule has 0 saturated heterocycles. The quantitative estimate of drug-likeness (QED) is 0.569. The monoisotopic (exact) mass is 263 g/mol. The lowest BCUT2D eigenvalue weighted by atomic mass is 10.1. The van der Waals surface area contributed by atoms with Gasteiger partial charge in [-0.1, -0.05) is 0 Å². The fourth-order valence-electron chi connectivity index (χ4n) is 2.59. The first-order valence-electron chi connectivity index (χ1n) is 6.56. The lowest BCUT2D eigenvalue weighted by molar-refractivity contribution is 0.0722. The molecule has 4 N–H and O–H groups in total. The highest BCUT2D eigenvalue weighted by molar-refractivity contribution is 5.95. The van der Waals surface area contributed by atoms with Crippen molar-refractivity contribution >= 4 is 11.6 Å². The van der Waals surface area contributed by atoms with Crippen molar-refractivity contribution in [3.8, 4) is 0 Å². The predicted molar refractivity (Wildman–Crippen MR) is 74.9 cm³/mol. The Hall–Kier alpha value is -1.59. The number of carbonyl (C=O) groups is 1. The van der Waals surface area contributed by atoms with E-state index >= 15 is 0 Å². The summed E-state index contributed by atoms with van der Waals surface area (Å²) in [4.78, 5) is 12.2. The predicted octanol–water partition coefficient (Wildman–Crippen LogP) is 1.58. The minimum atomic E-state index is -0.0550. The van der Waals surface area contributed by atoms with Crippen molar-refractivity contribution in [2.75, 3.05) is 12.5 Å². The van der Waals surface area contributed by atoms with Crippen LogP contribution in [0, 0.1) is 6.92 Å². The van der Waals surface area contributed by atoms with E-state index in [2.05, 4.69) is 10.7 Å². The van der Waals surface area contributed by atoms with Crippen LogP contribution < -0.4 is 16.6 Å². The number of hydrazine groups is 1. The summed E-state index contributed by atoms with van der Waals surface area (Å²) in [5, 5.41) is 3.05. The number of hydrogen-bond acceptors (Lipinski definition) is 4. The van der Waals surface area contributed by atoms with Gasteiger partial charge in [0.25, 0.3) is 5.91 Å². The molecule has 2 unspecified atom stereocenters. The maximum absolute atomic E-state index is 12.2. The lowest BCUT2D eigenvalue weighted by Crippen LogP contribution is -2.40. The molecule has 1 saturated carbocycles. The molecule has 5 nitrogen and oxygen atoms in total. The number of carbonyl (C=O) groups excluding carboxylic acids is 1. The Morgan fingerprint density at radius 2 is 2.21 bits per heavy atom. The molecule has 1 fully saturated rings. The molecule has 0 aliphatic heterocycles. The van der Waals surface area contributed by atoms with Crippen molar-refractivity contribution in [3.63, 3.8) is 0 Å². The molecule has 1 amide bonds. The summed E-state index contributed by atoms with van der Waals surface area (Å²) in [6.45, 7) is 1.92. The Bertz CT molecular complexity index is 462. The largest absolute Gasteiger partial charge is 0.379 e. The topological polar surface area (TPSA) is 76.4 Å². The van der Waals surface area contributed by atoms with Crippen LogP contribution in [-0.2, 0) is 4.74 Å². The van der Waals surface area contributed by atoms with Crippen LogP contribution in [0.4, 0.5) is 5.69 Å². The van der Waals surface area contributed by atoms with E-state index in [4.69, 9.17) is 10.6 Å². The van der Waals surface area contributed by atoms with Crippen molar-refractivity contribution in [1.29, 1.82) is 0 Å². The number of methoxy groups -OCH3 is 1. The first-order valence-corrected chi connectivity index (χ1v) is 6.56. The number of ether oxygens (including phenoxy) is 1. The van der Waals surface area contributed by atoms with Gasteiger partial charge in [0.1, 0.15) is 0 Å². The second-order valence-corrected chi connectivity index (χ2v) is 4.96. The van der Waals surface area contributed by atoms with Gasteiger partial charge in [-0.25, -0.2) is 0 Å². The van der Waals surface area contributed by atoms with Gasteiger partial charge in [-0.15, -0.1) is 0 Å². The van der Waals surface area contributed by atoms with Crippen LogP contribution in [0.2, 0.25) is 0 Å². The van der Waals surface area contributed by atoms with Crippen LogP contribution in [0.3, 0.4) is 0 Å². The van der Waals surface area contributed by atoms with Gasteiger partial charge in [0.2, 0.25) is 0 Å². The highest BCUT2D eigenvalue weighted by Crippen LogP contribution is 2.22. The van der Waals surface area contributed by atoms with Gasteiger partial charge >= 0.3 is 0 Å². The van der Waals surface area contributed by atoms with Crippen molar-refractivity contribution in [2.24, 2.45) is 5.84 Å². The molecule has 1 aliphatic rings. The van der Waals surface area contributed by atoms with Crippen molar-refractivity contribution < 1.29 is 9.53 Å². The van der Waals surface area contributed by atoms with Crippen molar-refractivity contribution in [2.45, 2.75) is 38.3 Å². The molecule has 2 rings (SSSR count). The molecule has 2 atom stereocenters. The highest BCUT2D eigenvalue weighted by Gasteiger charge is 2.28. The molecule has 0 bridgehead atoms. The average Bonchev–Trinajstić information content (AvgIpc) is 2.85. The summed E-state index contributed by atoms with van der Waals surface area (Å²) in [5.74, 6) is 5.32. The molecule has 1 aliphatic carbocycles. The third kappa shape index (κ3) is 3.05. The van der Waals surface area contributed by atoms with Crippen molar-refractivity contribution in [1.82, 2.24) is 5.32 Å². The molecule has 0 aromatic heterocycles. The summed E-state index contributed by atoms with van der Waals surface area (Å²) in [5.41, 5.74) is 5.03. The van der Waals surface area contributed by atoms with Crippen LogP contribution >= 0.6 is 0 Å². The zero-order chi connectivity index (χ0) is 13.8. The fourth-order valence-corrected chi connectivity index (χ4v) is 2.59. The van der Waals surface area contributed by atoms with E-state index in [1.54, 1.807) is 13.2 Å². The van der Waals surface area contributed by atoms with Gasteiger partial charge in [-0.2, -0.15) is 0 Å². The molecule has 0 heterocycles. The number of nitrogens with one attached hydrogen (secondary N) is 2. The van der Waals surface area contributed by atoms with E-state index in [9.17, 15) is 4.79 Å². The SMILES string of the molecule is COC1CCCC1NC(=O)c1ccc(NN)c(C)c1. The molecule has 0 spiro atoms. The van der Waals surface area contributed by atoms with Gasteiger partial charge in [0, 0.05) is 12.7 Å². The number of amides is 1. The third-order valence-electron chi connectivity index (χ3n) is 3.72. The Kier molecular flexibility index (Phi) is 4.39. The summed E-state index contributed by atoms with van der Waals surface area (Å²) >= 11 is 0. The van der Waals surface area contributed by atoms with E-state index in [1.165, 1.54) is 0 Å². The number of nitrogens with two attached hydrogens (primary N) is 1. The van der Waals surface area contributed by atoms with Gasteiger partial charge in [0.05, 0.1) is 17.8 Å². The highest BCUT2D eigenvalue weighted by atomic mass is 16.5. The second-order valence-electron chi connectivity index (χ2n) is 4.96. The van der Waals surface area contributed by atoms with Crippen molar-refractivity contribution in [3.05, 3.63) is 29.3 Å². The third-order valence-corrected chi connectivity index (χ3v) is 3.72. The van der Waals surface area contributed by atoms with Crippen LogP contribution in [0.25, 0.3) is 0 Å². The Morgan fingerprint density at radius 3 is 2.84 bits per heavy atom. The summed E-state index contributed by atoms with van der Waals surface area (Å²) in [6, 6.07) is 5.53. The van der Waals surface area contributed by atoms with E-state index in [1.807, 2.05) is 19.1 Å². The van der Waals surface area contributed by atoms with E-state index < -0.39 is 0 Å². The van der Waals surface area contributed by atoms with Crippen LogP contribution in [0.5, 0.6) is 0 Å². The number of rotatable bonds is 4. The number of benzene rings is 1. The van der Waals surface area contributed by atoms with Crippen LogP contribution in [0.15, 0.2) is 18.2 Å². The number of anilines is 1. The number of hydrogen-bond donors (Lipinski definition) is 3. The number of aryl methyl sites for hydroxylation is 1. The standard InChI is InChI=1S/C14H21N3O2/c1-9-8-10(6-7-11(9)17-15)14(18)16-12-4-3-5-13(12)19-2/h6-8,12-13,17H,3-5,15H2,1-2H3,(H,16,18). The zero-order valence-electron chi connectivity index (χ0n) is 11.4. The molecule has 1 aromatic rings. The molecule has 104 valence electrons. The van der Waals surface area contributed by atoms with E-state index in [0.29, 0.717) is 5.56 Å². The van der Waals surface area contributed by atoms with Gasteiger partial charge < -0.3 is 15.5 Å². The zero-order valence-corrected chi connectivity index (χ0v) is 11.4. The number of nitrogen functional groups attached to an aromatic ring is 1. The van der Waals surface area contributed by atoms with E-state index in [0.717, 1.165) is 30.5 Å². The van der Waals surface area contributed by atoms with Gasteiger partial charge in [-0.3, -0.25) is 10.6 Å². The van der Waals surface area contributed by atoms with Crippen LogP contribution in [0.1, 0.15) is 35.2 Å². The Morgan fingerprint density at radius 1 is 1.42 bits per heavy atom. The van der Waals surface area contributed by atoms with Gasteiger partial charge in [0.15, 0.2) is 0 Å². The summed E-state index contributed by atoms with van der Waals surface area (Å²) in [7, 11) is 1.70. The molecular formula is C14H21N3O2. The first-order chi connectivity index (χ1) is 9.15. The van der Waals surface area contributed by atoms with Gasteiger partial charge in [-0.05, 0) is 49.9 Å². The van der Waals surface area contributed by atoms with Crippen LogP contribution in [-0.4, -0.2) is 25.2 Å².